The number of benzene rings is 1. The van der Waals surface area contributed by atoms with E-state index in [1.165, 1.54) is 36.9 Å². The van der Waals surface area contributed by atoms with E-state index < -0.39 is 0 Å². The van der Waals surface area contributed by atoms with Crippen LogP contribution in [-0.4, -0.2) is 25.0 Å². The van der Waals surface area contributed by atoms with Gasteiger partial charge in [-0.3, -0.25) is 0 Å². The largest absolute Gasteiger partial charge is 0.312 e. The highest BCUT2D eigenvalue weighted by Gasteiger charge is 2.01. The van der Waals surface area contributed by atoms with Gasteiger partial charge in [0.25, 0.3) is 0 Å². The van der Waals surface area contributed by atoms with E-state index in [1.54, 1.807) is 0 Å². The van der Waals surface area contributed by atoms with E-state index in [0.29, 0.717) is 5.92 Å². The Labute approximate surface area is 125 Å². The molecule has 2 nitrogen and oxygen atoms in total. The van der Waals surface area contributed by atoms with Crippen LogP contribution in [0.5, 0.6) is 0 Å². The highest BCUT2D eigenvalue weighted by atomic mass is 15.1. The topological polar surface area (TPSA) is 15.3 Å². The first-order valence-corrected chi connectivity index (χ1v) is 8.09. The van der Waals surface area contributed by atoms with Crippen LogP contribution in [0.25, 0.3) is 0 Å². The summed E-state index contributed by atoms with van der Waals surface area (Å²) >= 11 is 0. The van der Waals surface area contributed by atoms with Crippen molar-refractivity contribution in [2.45, 2.75) is 53.1 Å². The van der Waals surface area contributed by atoms with Crippen molar-refractivity contribution in [1.29, 1.82) is 0 Å². The normalized spacial score (nSPS) is 11.5. The zero-order chi connectivity index (χ0) is 14.8. The Bertz CT molecular complexity index is 343. The van der Waals surface area contributed by atoms with Gasteiger partial charge in [-0.25, -0.2) is 0 Å². The maximum atomic E-state index is 3.49. The van der Waals surface area contributed by atoms with Crippen molar-refractivity contribution < 1.29 is 0 Å². The lowest BCUT2D eigenvalue weighted by Crippen LogP contribution is -2.20. The summed E-state index contributed by atoms with van der Waals surface area (Å²) in [6.45, 7) is 11.1. The van der Waals surface area contributed by atoms with Gasteiger partial charge >= 0.3 is 0 Å². The maximum absolute atomic E-state index is 3.49. The lowest BCUT2D eigenvalue weighted by molar-refractivity contribution is 0.318. The van der Waals surface area contributed by atoms with Crippen molar-refractivity contribution in [3.8, 4) is 0 Å². The minimum Gasteiger partial charge on any atom is -0.312 e. The van der Waals surface area contributed by atoms with Crippen molar-refractivity contribution in [2.75, 3.05) is 20.1 Å². The Morgan fingerprint density at radius 1 is 1.05 bits per heavy atom. The lowest BCUT2D eigenvalue weighted by atomic mass is 10.1. The van der Waals surface area contributed by atoms with Crippen LogP contribution < -0.4 is 5.32 Å². The SMILES string of the molecule is CCCCCN(C)Cc1ccc(CNCC(C)C)cc1. The van der Waals surface area contributed by atoms with Crippen LogP contribution in [0.15, 0.2) is 24.3 Å². The summed E-state index contributed by atoms with van der Waals surface area (Å²) in [5.41, 5.74) is 2.79. The number of unbranched alkanes of at least 4 members (excludes halogenated alkanes) is 2. The van der Waals surface area contributed by atoms with Gasteiger partial charge in [-0.1, -0.05) is 57.9 Å². The molecule has 0 aliphatic carbocycles. The minimum absolute atomic E-state index is 0.714. The summed E-state index contributed by atoms with van der Waals surface area (Å²) in [5, 5.41) is 3.49. The zero-order valence-corrected chi connectivity index (χ0v) is 13.8. The van der Waals surface area contributed by atoms with Gasteiger partial charge in [-0.15, -0.1) is 0 Å². The van der Waals surface area contributed by atoms with Gasteiger partial charge < -0.3 is 10.2 Å². The van der Waals surface area contributed by atoms with Crippen molar-refractivity contribution >= 4 is 0 Å². The van der Waals surface area contributed by atoms with Crippen LogP contribution in [-0.2, 0) is 13.1 Å². The van der Waals surface area contributed by atoms with Gasteiger partial charge in [0.1, 0.15) is 0 Å². The molecule has 0 saturated heterocycles. The first-order chi connectivity index (χ1) is 9.61. The van der Waals surface area contributed by atoms with Crippen molar-refractivity contribution in [3.63, 3.8) is 0 Å². The molecule has 0 aromatic heterocycles. The van der Waals surface area contributed by atoms with Crippen LogP contribution in [0.1, 0.15) is 51.2 Å². The van der Waals surface area contributed by atoms with Crippen LogP contribution in [0, 0.1) is 5.92 Å². The maximum Gasteiger partial charge on any atom is 0.0230 e. The average Bonchev–Trinajstić information content (AvgIpc) is 2.41. The molecule has 20 heavy (non-hydrogen) atoms. The first-order valence-electron chi connectivity index (χ1n) is 8.09. The molecule has 0 bridgehead atoms. The summed E-state index contributed by atoms with van der Waals surface area (Å²) < 4.78 is 0. The van der Waals surface area contributed by atoms with E-state index in [-0.39, 0.29) is 0 Å². The Balaban J connectivity index is 2.30. The standard InChI is InChI=1S/C18H32N2/c1-5-6-7-12-20(4)15-18-10-8-17(9-11-18)14-19-13-16(2)3/h8-11,16,19H,5-7,12-15H2,1-4H3. The molecular weight excluding hydrogens is 244 g/mol. The van der Waals surface area contributed by atoms with E-state index in [2.05, 4.69) is 62.3 Å². The van der Waals surface area contributed by atoms with Gasteiger partial charge in [0.2, 0.25) is 0 Å². The zero-order valence-electron chi connectivity index (χ0n) is 13.8. The second-order valence-electron chi connectivity index (χ2n) is 6.29. The van der Waals surface area contributed by atoms with Crippen LogP contribution in [0.4, 0.5) is 0 Å². The predicted octanol–water partition coefficient (Wildman–Crippen LogP) is 4.05. The molecule has 1 N–H and O–H groups in total. The minimum atomic E-state index is 0.714. The highest BCUT2D eigenvalue weighted by Crippen LogP contribution is 2.08. The molecular formula is C18H32N2. The number of nitrogens with zero attached hydrogens (tertiary/aromatic N) is 1. The van der Waals surface area contributed by atoms with Gasteiger partial charge in [0, 0.05) is 13.1 Å². The number of hydrogen-bond donors (Lipinski definition) is 1. The fraction of sp³-hybridized carbons (Fsp3) is 0.667. The van der Waals surface area contributed by atoms with E-state index in [4.69, 9.17) is 0 Å². The molecule has 0 fully saturated rings. The monoisotopic (exact) mass is 276 g/mol. The third-order valence-corrected chi connectivity index (χ3v) is 3.50. The molecule has 0 atom stereocenters. The Hall–Kier alpha value is -0.860. The fourth-order valence-electron chi connectivity index (χ4n) is 2.29. The number of hydrogen-bond acceptors (Lipinski definition) is 2. The Morgan fingerprint density at radius 2 is 1.70 bits per heavy atom. The molecule has 1 rings (SSSR count). The molecule has 2 heteroatoms. The smallest absolute Gasteiger partial charge is 0.0230 e. The van der Waals surface area contributed by atoms with Crippen LogP contribution >= 0.6 is 0 Å². The predicted molar refractivity (Wildman–Crippen MR) is 88.8 cm³/mol. The second kappa shape index (κ2) is 9.95. The Kier molecular flexibility index (Phi) is 8.56. The van der Waals surface area contributed by atoms with Gasteiger partial charge in [0.15, 0.2) is 0 Å². The fourth-order valence-corrected chi connectivity index (χ4v) is 2.29. The molecule has 0 unspecified atom stereocenters. The van der Waals surface area contributed by atoms with Crippen LogP contribution in [0.3, 0.4) is 0 Å². The van der Waals surface area contributed by atoms with E-state index in [9.17, 15) is 0 Å². The number of rotatable bonds is 10. The molecule has 0 heterocycles. The molecule has 114 valence electrons. The molecule has 0 aliphatic heterocycles. The number of nitrogens with one attached hydrogen (secondary N) is 1. The summed E-state index contributed by atoms with van der Waals surface area (Å²) in [6.07, 6.45) is 3.95. The van der Waals surface area contributed by atoms with Gasteiger partial charge in [0.05, 0.1) is 0 Å². The van der Waals surface area contributed by atoms with E-state index >= 15 is 0 Å². The van der Waals surface area contributed by atoms with Crippen molar-refractivity contribution in [3.05, 3.63) is 35.4 Å². The first kappa shape index (κ1) is 17.2. The molecule has 1 aromatic rings. The molecule has 0 aliphatic rings. The van der Waals surface area contributed by atoms with Crippen molar-refractivity contribution in [2.24, 2.45) is 5.92 Å². The van der Waals surface area contributed by atoms with E-state index in [0.717, 1.165) is 19.6 Å². The molecule has 1 aromatic carbocycles. The third kappa shape index (κ3) is 7.66. The van der Waals surface area contributed by atoms with Crippen molar-refractivity contribution in [1.82, 2.24) is 10.2 Å². The summed E-state index contributed by atoms with van der Waals surface area (Å²) in [7, 11) is 2.22. The molecule has 0 radical (unpaired) electrons. The van der Waals surface area contributed by atoms with Crippen LogP contribution in [0.2, 0.25) is 0 Å². The molecule has 0 amide bonds. The summed E-state index contributed by atoms with van der Waals surface area (Å²) in [6, 6.07) is 9.04. The highest BCUT2D eigenvalue weighted by molar-refractivity contribution is 5.22. The summed E-state index contributed by atoms with van der Waals surface area (Å²) in [5.74, 6) is 0.714. The molecule has 0 saturated carbocycles. The van der Waals surface area contributed by atoms with Gasteiger partial charge in [-0.2, -0.15) is 0 Å². The second-order valence-corrected chi connectivity index (χ2v) is 6.29. The van der Waals surface area contributed by atoms with E-state index in [1.807, 2.05) is 0 Å². The Morgan fingerprint density at radius 3 is 2.30 bits per heavy atom. The average molecular weight is 276 g/mol. The lowest BCUT2D eigenvalue weighted by Gasteiger charge is -2.16. The van der Waals surface area contributed by atoms with Gasteiger partial charge in [-0.05, 0) is 43.6 Å². The quantitative estimate of drug-likeness (QED) is 0.648. The molecule has 0 spiro atoms. The summed E-state index contributed by atoms with van der Waals surface area (Å²) in [4.78, 5) is 2.42. The third-order valence-electron chi connectivity index (χ3n) is 3.50.